The summed E-state index contributed by atoms with van der Waals surface area (Å²) in [5.74, 6) is -0.0345. The summed E-state index contributed by atoms with van der Waals surface area (Å²) >= 11 is 1.69. The van der Waals surface area contributed by atoms with Gasteiger partial charge in [0.1, 0.15) is 0 Å². The molecule has 0 spiro atoms. The van der Waals surface area contributed by atoms with Crippen molar-refractivity contribution >= 4 is 23.5 Å². The molecule has 1 aliphatic carbocycles. The average Bonchev–Trinajstić information content (AvgIpc) is 3.13. The minimum Gasteiger partial charge on any atom is -0.350 e. The molecule has 3 rings (SSSR count). The predicted octanol–water partition coefficient (Wildman–Crippen LogP) is 4.74. The van der Waals surface area contributed by atoms with Gasteiger partial charge < -0.3 is 5.32 Å². The van der Waals surface area contributed by atoms with Gasteiger partial charge in [0.15, 0.2) is 5.78 Å². The van der Waals surface area contributed by atoms with Crippen LogP contribution in [0.25, 0.3) is 0 Å². The molecule has 0 fully saturated rings. The zero-order chi connectivity index (χ0) is 18.5. The maximum atomic E-state index is 12.4. The maximum absolute atomic E-state index is 12.4. The molecule has 4 heteroatoms. The standard InChI is InChI=1S/C22H25NO2S/c1-15(16-8-10-20(26-2)11-9-16)23-22(25)13-12-21(24)19-7-6-17-4-3-5-18(17)14-19/h6-11,14-15H,3-5,12-13H2,1-2H3,(H,23,25). The zero-order valence-corrected chi connectivity index (χ0v) is 16.2. The number of thioether (sulfide) groups is 1. The molecule has 2 aromatic rings. The van der Waals surface area contributed by atoms with Gasteiger partial charge in [0.25, 0.3) is 0 Å². The number of fused-ring (bicyclic) bond motifs is 1. The van der Waals surface area contributed by atoms with Crippen molar-refractivity contribution in [3.63, 3.8) is 0 Å². The molecule has 3 nitrogen and oxygen atoms in total. The molecular formula is C22H25NO2S. The smallest absolute Gasteiger partial charge is 0.220 e. The molecule has 1 N–H and O–H groups in total. The topological polar surface area (TPSA) is 46.2 Å². The average molecular weight is 368 g/mol. The maximum Gasteiger partial charge on any atom is 0.220 e. The van der Waals surface area contributed by atoms with Crippen molar-refractivity contribution in [1.82, 2.24) is 5.32 Å². The molecule has 0 saturated carbocycles. The van der Waals surface area contributed by atoms with E-state index in [4.69, 9.17) is 0 Å². The monoisotopic (exact) mass is 367 g/mol. The highest BCUT2D eigenvalue weighted by molar-refractivity contribution is 7.98. The van der Waals surface area contributed by atoms with Crippen LogP contribution in [0, 0.1) is 0 Å². The number of nitrogens with one attached hydrogen (secondary N) is 1. The first-order valence-corrected chi connectivity index (χ1v) is 10.4. The van der Waals surface area contributed by atoms with Crippen LogP contribution in [0.1, 0.15) is 59.3 Å². The van der Waals surface area contributed by atoms with Crippen LogP contribution in [-0.2, 0) is 17.6 Å². The summed E-state index contributed by atoms with van der Waals surface area (Å²) in [6, 6.07) is 14.1. The third-order valence-electron chi connectivity index (χ3n) is 4.99. The Morgan fingerprint density at radius 2 is 1.77 bits per heavy atom. The predicted molar refractivity (Wildman–Crippen MR) is 107 cm³/mol. The number of carbonyl (C=O) groups excluding carboxylic acids is 2. The van der Waals surface area contributed by atoms with Crippen molar-refractivity contribution < 1.29 is 9.59 Å². The van der Waals surface area contributed by atoms with E-state index in [1.165, 1.54) is 22.4 Å². The second-order valence-electron chi connectivity index (χ2n) is 6.82. The molecule has 1 unspecified atom stereocenters. The highest BCUT2D eigenvalue weighted by Crippen LogP contribution is 2.23. The Morgan fingerprint density at radius 1 is 1.04 bits per heavy atom. The Balaban J connectivity index is 1.50. The third-order valence-corrected chi connectivity index (χ3v) is 5.74. The van der Waals surface area contributed by atoms with Crippen molar-refractivity contribution in [3.05, 3.63) is 64.7 Å². The number of ketones is 1. The van der Waals surface area contributed by atoms with Gasteiger partial charge in [-0.2, -0.15) is 0 Å². The number of aryl methyl sites for hydroxylation is 2. The highest BCUT2D eigenvalue weighted by atomic mass is 32.2. The fraction of sp³-hybridized carbons (Fsp3) is 0.364. The minimum absolute atomic E-state index is 0.0480. The van der Waals surface area contributed by atoms with E-state index < -0.39 is 0 Å². The van der Waals surface area contributed by atoms with Crippen LogP contribution in [0.5, 0.6) is 0 Å². The summed E-state index contributed by atoms with van der Waals surface area (Å²) in [4.78, 5) is 25.8. The van der Waals surface area contributed by atoms with Crippen molar-refractivity contribution in [1.29, 1.82) is 0 Å². The molecule has 1 amide bonds. The van der Waals surface area contributed by atoms with Gasteiger partial charge in [-0.05, 0) is 67.3 Å². The molecule has 2 aromatic carbocycles. The molecule has 0 aliphatic heterocycles. The Morgan fingerprint density at radius 3 is 2.50 bits per heavy atom. The van der Waals surface area contributed by atoms with E-state index in [2.05, 4.69) is 23.5 Å². The Kier molecular flexibility index (Phi) is 6.15. The zero-order valence-electron chi connectivity index (χ0n) is 15.4. The Labute approximate surface area is 159 Å². The molecule has 26 heavy (non-hydrogen) atoms. The lowest BCUT2D eigenvalue weighted by molar-refractivity contribution is -0.121. The highest BCUT2D eigenvalue weighted by Gasteiger charge is 2.16. The molecule has 0 heterocycles. The quantitative estimate of drug-likeness (QED) is 0.568. The first-order valence-electron chi connectivity index (χ1n) is 9.15. The first-order chi connectivity index (χ1) is 12.6. The van der Waals surface area contributed by atoms with E-state index in [1.54, 1.807) is 11.8 Å². The fourth-order valence-electron chi connectivity index (χ4n) is 3.41. The second-order valence-corrected chi connectivity index (χ2v) is 7.70. The fourth-order valence-corrected chi connectivity index (χ4v) is 3.81. The van der Waals surface area contributed by atoms with Crippen LogP contribution in [0.4, 0.5) is 0 Å². The number of hydrogen-bond donors (Lipinski definition) is 1. The van der Waals surface area contributed by atoms with E-state index in [1.807, 2.05) is 37.4 Å². The largest absolute Gasteiger partial charge is 0.350 e. The van der Waals surface area contributed by atoms with Crippen molar-refractivity contribution in [3.8, 4) is 0 Å². The summed E-state index contributed by atoms with van der Waals surface area (Å²) in [5.41, 5.74) is 4.46. The lowest BCUT2D eigenvalue weighted by Gasteiger charge is -2.14. The second kappa shape index (κ2) is 8.54. The molecule has 0 bridgehead atoms. The molecular weight excluding hydrogens is 342 g/mol. The lowest BCUT2D eigenvalue weighted by atomic mass is 10.0. The van der Waals surface area contributed by atoms with E-state index in [-0.39, 0.29) is 30.6 Å². The number of benzene rings is 2. The SMILES string of the molecule is CSc1ccc(C(C)NC(=O)CCC(=O)c2ccc3c(c2)CCC3)cc1. The van der Waals surface area contributed by atoms with Crippen molar-refractivity contribution in [2.45, 2.75) is 50.0 Å². The van der Waals surface area contributed by atoms with Gasteiger partial charge >= 0.3 is 0 Å². The van der Waals surface area contributed by atoms with Crippen LogP contribution in [0.3, 0.4) is 0 Å². The first kappa shape index (κ1) is 18.7. The Bertz CT molecular complexity index is 798. The number of amides is 1. The van der Waals surface area contributed by atoms with Crippen molar-refractivity contribution in [2.75, 3.05) is 6.26 Å². The van der Waals surface area contributed by atoms with E-state index in [0.717, 1.165) is 24.0 Å². The van der Waals surface area contributed by atoms with Crippen molar-refractivity contribution in [2.24, 2.45) is 0 Å². The molecule has 1 atom stereocenters. The van der Waals surface area contributed by atoms with E-state index in [0.29, 0.717) is 0 Å². The van der Waals surface area contributed by atoms with Gasteiger partial charge in [-0.1, -0.05) is 24.3 Å². The van der Waals surface area contributed by atoms with Gasteiger partial charge in [-0.15, -0.1) is 11.8 Å². The molecule has 0 aromatic heterocycles. The Hall–Kier alpha value is -2.07. The lowest BCUT2D eigenvalue weighted by Crippen LogP contribution is -2.26. The number of rotatable bonds is 7. The van der Waals surface area contributed by atoms with E-state index in [9.17, 15) is 9.59 Å². The van der Waals surface area contributed by atoms with Gasteiger partial charge in [0.2, 0.25) is 5.91 Å². The van der Waals surface area contributed by atoms with Gasteiger partial charge in [0, 0.05) is 23.3 Å². The summed E-state index contributed by atoms with van der Waals surface area (Å²) in [7, 11) is 0. The van der Waals surface area contributed by atoms with E-state index >= 15 is 0 Å². The normalized spacial score (nSPS) is 13.9. The van der Waals surface area contributed by atoms with Crippen LogP contribution < -0.4 is 5.32 Å². The summed E-state index contributed by atoms with van der Waals surface area (Å²) < 4.78 is 0. The molecule has 0 radical (unpaired) electrons. The summed E-state index contributed by atoms with van der Waals surface area (Å²) in [5, 5.41) is 2.98. The molecule has 0 saturated heterocycles. The van der Waals surface area contributed by atoms with Crippen LogP contribution in [0.2, 0.25) is 0 Å². The summed E-state index contributed by atoms with van der Waals surface area (Å²) in [6.07, 6.45) is 5.86. The minimum atomic E-state index is -0.0825. The van der Waals surface area contributed by atoms with Crippen LogP contribution in [0.15, 0.2) is 47.4 Å². The van der Waals surface area contributed by atoms with Crippen LogP contribution in [-0.4, -0.2) is 17.9 Å². The van der Waals surface area contributed by atoms with Gasteiger partial charge in [0.05, 0.1) is 6.04 Å². The number of carbonyl (C=O) groups is 2. The summed E-state index contributed by atoms with van der Waals surface area (Å²) in [6.45, 7) is 1.97. The number of Topliss-reactive ketones (excluding diaryl/α,β-unsaturated/α-hetero) is 1. The molecule has 1 aliphatic rings. The third kappa shape index (κ3) is 4.55. The number of hydrogen-bond acceptors (Lipinski definition) is 3. The van der Waals surface area contributed by atoms with Gasteiger partial charge in [-0.3, -0.25) is 9.59 Å². The van der Waals surface area contributed by atoms with Gasteiger partial charge in [-0.25, -0.2) is 0 Å². The van der Waals surface area contributed by atoms with Crippen LogP contribution >= 0.6 is 11.8 Å². The molecule has 136 valence electrons.